The smallest absolute Gasteiger partial charge is 0.248 e. The molecule has 1 atom stereocenters. The Morgan fingerprint density at radius 2 is 1.75 bits per heavy atom. The highest BCUT2D eigenvalue weighted by atomic mass is 19.3. The fourth-order valence-electron chi connectivity index (χ4n) is 1.64. The van der Waals surface area contributed by atoms with Crippen LogP contribution in [0.15, 0.2) is 0 Å². The molecule has 72 valence electrons. The van der Waals surface area contributed by atoms with E-state index >= 15 is 0 Å². The minimum absolute atomic E-state index is 0.147. The summed E-state index contributed by atoms with van der Waals surface area (Å²) < 4.78 is 24.9. The first-order valence-electron chi connectivity index (χ1n) is 4.28. The van der Waals surface area contributed by atoms with Crippen LogP contribution < -0.4 is 0 Å². The predicted molar refractivity (Wildman–Crippen MR) is 43.1 cm³/mol. The molecule has 1 saturated carbocycles. The summed E-state index contributed by atoms with van der Waals surface area (Å²) >= 11 is 0. The molecule has 0 aliphatic heterocycles. The van der Waals surface area contributed by atoms with Crippen LogP contribution in [0.1, 0.15) is 33.6 Å². The summed E-state index contributed by atoms with van der Waals surface area (Å²) in [5.74, 6) is -2.73. The highest BCUT2D eigenvalue weighted by Gasteiger charge is 2.50. The van der Waals surface area contributed by atoms with Crippen molar-refractivity contribution in [2.75, 3.05) is 0 Å². The maximum absolute atomic E-state index is 12.4. The van der Waals surface area contributed by atoms with Gasteiger partial charge in [-0.2, -0.15) is 0 Å². The molecule has 0 bridgehead atoms. The van der Waals surface area contributed by atoms with E-state index in [-0.39, 0.29) is 24.2 Å². The normalized spacial score (nSPS) is 26.5. The number of aliphatic hydroxyl groups excluding tert-OH is 1. The van der Waals surface area contributed by atoms with Crippen LogP contribution in [0.25, 0.3) is 0 Å². The van der Waals surface area contributed by atoms with Gasteiger partial charge >= 0.3 is 0 Å². The Hall–Kier alpha value is -0.180. The SMILES string of the molecule is CC(C)(C)C(O)C1CC(F)(F)C1. The monoisotopic (exact) mass is 178 g/mol. The average Bonchev–Trinajstić information content (AvgIpc) is 1.78. The summed E-state index contributed by atoms with van der Waals surface area (Å²) in [6.45, 7) is 5.61. The third-order valence-corrected chi connectivity index (χ3v) is 2.46. The highest BCUT2D eigenvalue weighted by Crippen LogP contribution is 2.47. The van der Waals surface area contributed by atoms with Crippen molar-refractivity contribution >= 4 is 0 Å². The van der Waals surface area contributed by atoms with E-state index in [1.807, 2.05) is 20.8 Å². The van der Waals surface area contributed by atoms with Crippen molar-refractivity contribution in [1.29, 1.82) is 0 Å². The van der Waals surface area contributed by atoms with Gasteiger partial charge in [-0.1, -0.05) is 20.8 Å². The molecule has 3 heteroatoms. The van der Waals surface area contributed by atoms with E-state index in [0.717, 1.165) is 0 Å². The van der Waals surface area contributed by atoms with Crippen LogP contribution in [0, 0.1) is 11.3 Å². The number of halogens is 2. The van der Waals surface area contributed by atoms with Gasteiger partial charge in [-0.3, -0.25) is 0 Å². The van der Waals surface area contributed by atoms with Crippen molar-refractivity contribution in [1.82, 2.24) is 0 Å². The molecule has 1 fully saturated rings. The van der Waals surface area contributed by atoms with Gasteiger partial charge in [0.05, 0.1) is 6.10 Å². The fourth-order valence-corrected chi connectivity index (χ4v) is 1.64. The van der Waals surface area contributed by atoms with E-state index < -0.39 is 12.0 Å². The van der Waals surface area contributed by atoms with Gasteiger partial charge in [-0.15, -0.1) is 0 Å². The van der Waals surface area contributed by atoms with Crippen LogP contribution in [-0.4, -0.2) is 17.1 Å². The van der Waals surface area contributed by atoms with E-state index in [2.05, 4.69) is 0 Å². The van der Waals surface area contributed by atoms with Crippen LogP contribution in [0.4, 0.5) is 8.78 Å². The lowest BCUT2D eigenvalue weighted by Gasteiger charge is -2.42. The van der Waals surface area contributed by atoms with Crippen LogP contribution >= 0.6 is 0 Å². The van der Waals surface area contributed by atoms with Crippen molar-refractivity contribution in [3.8, 4) is 0 Å². The summed E-state index contributed by atoms with van der Waals surface area (Å²) in [7, 11) is 0. The lowest BCUT2D eigenvalue weighted by atomic mass is 9.70. The summed E-state index contributed by atoms with van der Waals surface area (Å²) in [6, 6.07) is 0. The van der Waals surface area contributed by atoms with Crippen molar-refractivity contribution in [3.63, 3.8) is 0 Å². The molecule has 0 radical (unpaired) electrons. The number of rotatable bonds is 1. The second-order valence-electron chi connectivity index (χ2n) is 4.84. The molecular formula is C9H16F2O. The Morgan fingerprint density at radius 1 is 1.33 bits per heavy atom. The molecule has 1 unspecified atom stereocenters. The topological polar surface area (TPSA) is 20.2 Å². The van der Waals surface area contributed by atoms with E-state index in [4.69, 9.17) is 0 Å². The molecule has 1 aliphatic rings. The van der Waals surface area contributed by atoms with E-state index in [0.29, 0.717) is 0 Å². The van der Waals surface area contributed by atoms with Gasteiger partial charge < -0.3 is 5.11 Å². The van der Waals surface area contributed by atoms with Gasteiger partial charge in [-0.05, 0) is 11.3 Å². The van der Waals surface area contributed by atoms with Crippen LogP contribution in [0.2, 0.25) is 0 Å². The zero-order valence-electron chi connectivity index (χ0n) is 7.77. The molecule has 1 rings (SSSR count). The van der Waals surface area contributed by atoms with Gasteiger partial charge in [0.25, 0.3) is 0 Å². The zero-order chi connectivity index (χ0) is 9.57. The van der Waals surface area contributed by atoms with E-state index in [1.165, 1.54) is 0 Å². The molecule has 0 heterocycles. The third kappa shape index (κ3) is 1.94. The van der Waals surface area contributed by atoms with Crippen LogP contribution in [-0.2, 0) is 0 Å². The summed E-state index contributed by atoms with van der Waals surface area (Å²) in [6.07, 6.45) is -0.895. The summed E-state index contributed by atoms with van der Waals surface area (Å²) in [4.78, 5) is 0. The second kappa shape index (κ2) is 2.66. The Morgan fingerprint density at radius 3 is 2.00 bits per heavy atom. The van der Waals surface area contributed by atoms with Gasteiger partial charge in [0.15, 0.2) is 0 Å². The molecule has 0 saturated heterocycles. The average molecular weight is 178 g/mol. The molecule has 1 nitrogen and oxygen atoms in total. The van der Waals surface area contributed by atoms with Crippen molar-refractivity contribution in [2.24, 2.45) is 11.3 Å². The molecule has 0 amide bonds. The lowest BCUT2D eigenvalue weighted by molar-refractivity contribution is -0.158. The molecule has 12 heavy (non-hydrogen) atoms. The van der Waals surface area contributed by atoms with Gasteiger partial charge in [-0.25, -0.2) is 8.78 Å². The quantitative estimate of drug-likeness (QED) is 0.653. The molecule has 0 aromatic carbocycles. The lowest BCUT2D eigenvalue weighted by Crippen LogP contribution is -2.46. The Balaban J connectivity index is 2.43. The fraction of sp³-hybridized carbons (Fsp3) is 1.00. The largest absolute Gasteiger partial charge is 0.392 e. The second-order valence-corrected chi connectivity index (χ2v) is 4.84. The number of hydrogen-bond acceptors (Lipinski definition) is 1. The van der Waals surface area contributed by atoms with Crippen molar-refractivity contribution in [3.05, 3.63) is 0 Å². The molecule has 0 spiro atoms. The zero-order valence-corrected chi connectivity index (χ0v) is 7.77. The van der Waals surface area contributed by atoms with Gasteiger partial charge in [0, 0.05) is 12.8 Å². The molecular weight excluding hydrogens is 162 g/mol. The predicted octanol–water partition coefficient (Wildman–Crippen LogP) is 2.44. The first kappa shape index (κ1) is 9.90. The minimum atomic E-state index is -2.52. The summed E-state index contributed by atoms with van der Waals surface area (Å²) in [5.41, 5.74) is -0.277. The molecule has 1 N–H and O–H groups in total. The van der Waals surface area contributed by atoms with Crippen LogP contribution in [0.5, 0.6) is 0 Å². The first-order chi connectivity index (χ1) is 5.22. The standard InChI is InChI=1S/C9H16F2O/c1-8(2,3)7(12)6-4-9(10,11)5-6/h6-7,12H,4-5H2,1-3H3. The van der Waals surface area contributed by atoms with Crippen molar-refractivity contribution < 1.29 is 13.9 Å². The Kier molecular flexibility index (Phi) is 2.19. The Labute approximate surface area is 71.8 Å². The minimum Gasteiger partial charge on any atom is -0.392 e. The van der Waals surface area contributed by atoms with Gasteiger partial charge in [0.1, 0.15) is 0 Å². The van der Waals surface area contributed by atoms with E-state index in [1.54, 1.807) is 0 Å². The Bertz CT molecular complexity index is 164. The molecule has 1 aliphatic carbocycles. The van der Waals surface area contributed by atoms with Gasteiger partial charge in [0.2, 0.25) is 5.92 Å². The molecule has 0 aromatic heterocycles. The number of aliphatic hydroxyl groups is 1. The number of alkyl halides is 2. The van der Waals surface area contributed by atoms with Crippen LogP contribution in [0.3, 0.4) is 0 Å². The molecule has 0 aromatic rings. The number of hydrogen-bond donors (Lipinski definition) is 1. The summed E-state index contributed by atoms with van der Waals surface area (Å²) in [5, 5.41) is 9.60. The van der Waals surface area contributed by atoms with E-state index in [9.17, 15) is 13.9 Å². The van der Waals surface area contributed by atoms with Crippen molar-refractivity contribution in [2.45, 2.75) is 45.6 Å². The third-order valence-electron chi connectivity index (χ3n) is 2.46. The highest BCUT2D eigenvalue weighted by molar-refractivity contribution is 4.93. The first-order valence-corrected chi connectivity index (χ1v) is 4.28. The maximum Gasteiger partial charge on any atom is 0.248 e. The maximum atomic E-state index is 12.4.